The van der Waals surface area contributed by atoms with E-state index in [0.29, 0.717) is 5.56 Å². The number of ether oxygens (including phenoxy) is 1. The van der Waals surface area contributed by atoms with E-state index in [2.05, 4.69) is 17.0 Å². The van der Waals surface area contributed by atoms with Crippen LogP contribution in [0.15, 0.2) is 48.9 Å². The van der Waals surface area contributed by atoms with Crippen LogP contribution in [0.5, 0.6) is 0 Å². The van der Waals surface area contributed by atoms with E-state index in [1.54, 1.807) is 12.5 Å². The standard InChI is InChI=1S/C26H36N3O3/c1-29(17-7-13-23-15-16-27-20-28-23)18-8-14-24(19-29)32-25(30)26(31,22-11-5-6-12-22)21-9-3-2-4-10-21/h2-4,9-10,15-16,20,22,24,31H,5-8,11-14,17-19H2,1H3/q+1. The lowest BCUT2D eigenvalue weighted by Gasteiger charge is -2.42. The maximum Gasteiger partial charge on any atom is 0.343 e. The molecule has 0 spiro atoms. The van der Waals surface area contributed by atoms with Gasteiger partial charge in [0.1, 0.15) is 12.9 Å². The van der Waals surface area contributed by atoms with Gasteiger partial charge < -0.3 is 14.3 Å². The van der Waals surface area contributed by atoms with E-state index in [1.165, 1.54) is 0 Å². The van der Waals surface area contributed by atoms with Crippen molar-refractivity contribution < 1.29 is 19.1 Å². The van der Waals surface area contributed by atoms with E-state index in [0.717, 1.165) is 81.2 Å². The highest BCUT2D eigenvalue weighted by molar-refractivity contribution is 5.81. The Bertz CT molecular complexity index is 872. The first kappa shape index (κ1) is 22.9. The number of esters is 1. The molecule has 3 atom stereocenters. The zero-order valence-electron chi connectivity index (χ0n) is 19.2. The van der Waals surface area contributed by atoms with Gasteiger partial charge in [-0.25, -0.2) is 14.8 Å². The molecule has 1 N–H and O–H groups in total. The average molecular weight is 439 g/mol. The maximum absolute atomic E-state index is 13.4. The summed E-state index contributed by atoms with van der Waals surface area (Å²) < 4.78 is 6.94. The van der Waals surface area contributed by atoms with Gasteiger partial charge in [0.05, 0.1) is 20.1 Å². The molecule has 1 aliphatic heterocycles. The summed E-state index contributed by atoms with van der Waals surface area (Å²) in [6.45, 7) is 2.90. The molecule has 1 aromatic heterocycles. The van der Waals surface area contributed by atoms with Gasteiger partial charge in [-0.1, -0.05) is 43.2 Å². The number of carbonyl (C=O) groups is 1. The maximum atomic E-state index is 13.4. The second-order valence-electron chi connectivity index (χ2n) is 9.84. The van der Waals surface area contributed by atoms with Gasteiger partial charge in [-0.2, -0.15) is 0 Å². The molecule has 0 radical (unpaired) electrons. The third kappa shape index (κ3) is 5.18. The summed E-state index contributed by atoms with van der Waals surface area (Å²) in [7, 11) is 2.25. The van der Waals surface area contributed by atoms with Gasteiger partial charge in [-0.05, 0) is 37.3 Å². The molecule has 6 heteroatoms. The molecular weight excluding hydrogens is 402 g/mol. The van der Waals surface area contributed by atoms with E-state index < -0.39 is 11.6 Å². The molecule has 0 amide bonds. The largest absolute Gasteiger partial charge is 0.454 e. The number of aromatic nitrogens is 2. The summed E-state index contributed by atoms with van der Waals surface area (Å²) in [5, 5.41) is 11.7. The topological polar surface area (TPSA) is 72.3 Å². The third-order valence-electron chi connectivity index (χ3n) is 7.39. The minimum Gasteiger partial charge on any atom is -0.454 e. The SMILES string of the molecule is C[N+]1(CCCc2ccncn2)CCCC(OC(=O)C(O)(c2ccccc2)C2CCCC2)C1. The van der Waals surface area contributed by atoms with Crippen molar-refractivity contribution in [1.82, 2.24) is 9.97 Å². The van der Waals surface area contributed by atoms with Crippen molar-refractivity contribution in [3.63, 3.8) is 0 Å². The minimum atomic E-state index is -1.55. The quantitative estimate of drug-likeness (QED) is 0.503. The first-order chi connectivity index (χ1) is 15.5. The molecule has 2 heterocycles. The van der Waals surface area contributed by atoms with Crippen LogP contribution in [-0.2, 0) is 21.6 Å². The van der Waals surface area contributed by atoms with Crippen molar-refractivity contribution in [3.8, 4) is 0 Å². The van der Waals surface area contributed by atoms with Crippen molar-refractivity contribution in [3.05, 3.63) is 60.2 Å². The molecule has 32 heavy (non-hydrogen) atoms. The normalized spacial score (nSPS) is 25.9. The average Bonchev–Trinajstić information content (AvgIpc) is 3.35. The highest BCUT2D eigenvalue weighted by Gasteiger charge is 2.49. The van der Waals surface area contributed by atoms with Gasteiger partial charge in [0, 0.05) is 30.7 Å². The van der Waals surface area contributed by atoms with E-state index >= 15 is 0 Å². The van der Waals surface area contributed by atoms with Crippen LogP contribution in [0.4, 0.5) is 0 Å². The van der Waals surface area contributed by atoms with Crippen LogP contribution in [0.25, 0.3) is 0 Å². The first-order valence-electron chi connectivity index (χ1n) is 12.1. The van der Waals surface area contributed by atoms with Crippen LogP contribution < -0.4 is 0 Å². The number of likely N-dealkylation sites (N-methyl/N-ethyl adjacent to an activating group) is 1. The monoisotopic (exact) mass is 438 g/mol. The van der Waals surface area contributed by atoms with E-state index in [4.69, 9.17) is 4.74 Å². The summed E-state index contributed by atoms with van der Waals surface area (Å²) in [4.78, 5) is 21.7. The van der Waals surface area contributed by atoms with Gasteiger partial charge >= 0.3 is 5.97 Å². The van der Waals surface area contributed by atoms with Gasteiger partial charge in [0.25, 0.3) is 0 Å². The third-order valence-corrected chi connectivity index (χ3v) is 7.39. The van der Waals surface area contributed by atoms with Crippen molar-refractivity contribution in [1.29, 1.82) is 0 Å². The van der Waals surface area contributed by atoms with E-state index in [9.17, 15) is 9.90 Å². The van der Waals surface area contributed by atoms with Gasteiger partial charge in [0.2, 0.25) is 0 Å². The second kappa shape index (κ2) is 10.1. The van der Waals surface area contributed by atoms with Crippen LogP contribution in [-0.4, -0.2) is 58.3 Å². The number of nitrogens with zero attached hydrogens (tertiary/aromatic N) is 3. The van der Waals surface area contributed by atoms with E-state index in [1.807, 2.05) is 36.4 Å². The van der Waals surface area contributed by atoms with Gasteiger partial charge in [-0.15, -0.1) is 0 Å². The Labute approximate surface area is 191 Å². The summed E-state index contributed by atoms with van der Waals surface area (Å²) >= 11 is 0. The lowest BCUT2D eigenvalue weighted by Crippen LogP contribution is -2.55. The van der Waals surface area contributed by atoms with Crippen molar-refractivity contribution in [2.75, 3.05) is 26.7 Å². The highest BCUT2D eigenvalue weighted by atomic mass is 16.6. The number of aliphatic hydroxyl groups is 1. The molecule has 2 aromatic rings. The fourth-order valence-corrected chi connectivity index (χ4v) is 5.58. The molecule has 1 aliphatic carbocycles. The lowest BCUT2D eigenvalue weighted by molar-refractivity contribution is -0.917. The number of hydrogen-bond acceptors (Lipinski definition) is 5. The number of quaternary nitrogens is 1. The summed E-state index contributed by atoms with van der Waals surface area (Å²) in [5.74, 6) is -0.537. The molecular formula is C26H36N3O3+. The molecule has 4 rings (SSSR count). The summed E-state index contributed by atoms with van der Waals surface area (Å²) in [5.41, 5.74) is 0.178. The Kier molecular flexibility index (Phi) is 7.21. The summed E-state index contributed by atoms with van der Waals surface area (Å²) in [6, 6.07) is 11.4. The highest BCUT2D eigenvalue weighted by Crippen LogP contribution is 2.42. The molecule has 6 nitrogen and oxygen atoms in total. The molecule has 2 aliphatic rings. The van der Waals surface area contributed by atoms with Crippen molar-refractivity contribution in [2.45, 2.75) is 63.1 Å². The number of likely N-dealkylation sites (tertiary alicyclic amines) is 1. The second-order valence-corrected chi connectivity index (χ2v) is 9.84. The molecule has 3 unspecified atom stereocenters. The predicted molar refractivity (Wildman–Crippen MR) is 123 cm³/mol. The fraction of sp³-hybridized carbons (Fsp3) is 0.577. The van der Waals surface area contributed by atoms with Crippen LogP contribution in [0.2, 0.25) is 0 Å². The Balaban J connectivity index is 1.40. The molecule has 0 bridgehead atoms. The van der Waals surface area contributed by atoms with E-state index in [-0.39, 0.29) is 12.0 Å². The van der Waals surface area contributed by atoms with Crippen LogP contribution in [0.3, 0.4) is 0 Å². The number of rotatable bonds is 8. The Morgan fingerprint density at radius 2 is 1.94 bits per heavy atom. The smallest absolute Gasteiger partial charge is 0.343 e. The number of hydrogen-bond donors (Lipinski definition) is 1. The van der Waals surface area contributed by atoms with Crippen LogP contribution in [0.1, 0.15) is 56.2 Å². The predicted octanol–water partition coefficient (Wildman–Crippen LogP) is 3.64. The minimum absolute atomic E-state index is 0.0743. The molecule has 2 fully saturated rings. The number of carbonyl (C=O) groups excluding carboxylic acids is 1. The Morgan fingerprint density at radius 1 is 1.16 bits per heavy atom. The molecule has 172 valence electrons. The van der Waals surface area contributed by atoms with Crippen molar-refractivity contribution in [2.24, 2.45) is 5.92 Å². The lowest BCUT2D eigenvalue weighted by atomic mass is 9.80. The van der Waals surface area contributed by atoms with Crippen LogP contribution in [0, 0.1) is 5.92 Å². The fourth-order valence-electron chi connectivity index (χ4n) is 5.58. The zero-order valence-corrected chi connectivity index (χ0v) is 19.2. The number of aryl methyl sites for hydroxylation is 1. The Morgan fingerprint density at radius 3 is 2.66 bits per heavy atom. The van der Waals surface area contributed by atoms with Crippen molar-refractivity contribution >= 4 is 5.97 Å². The number of piperidine rings is 1. The zero-order chi connectivity index (χ0) is 22.4. The first-order valence-corrected chi connectivity index (χ1v) is 12.1. The molecule has 1 saturated heterocycles. The Hall–Kier alpha value is -2.31. The summed E-state index contributed by atoms with van der Waals surface area (Å²) in [6.07, 6.45) is 10.9. The number of benzene rings is 1. The van der Waals surface area contributed by atoms with Crippen LogP contribution >= 0.6 is 0 Å². The molecule has 1 saturated carbocycles. The van der Waals surface area contributed by atoms with Gasteiger partial charge in [0.15, 0.2) is 11.7 Å². The van der Waals surface area contributed by atoms with Gasteiger partial charge in [-0.3, -0.25) is 0 Å². The molecule has 1 aromatic carbocycles.